The molecule has 1 unspecified atom stereocenters. The van der Waals surface area contributed by atoms with Gasteiger partial charge in [0.25, 0.3) is 0 Å². The van der Waals surface area contributed by atoms with Gasteiger partial charge >= 0.3 is 0 Å². The highest BCUT2D eigenvalue weighted by atomic mass is 16.1. The van der Waals surface area contributed by atoms with Gasteiger partial charge in [-0.05, 0) is 12.5 Å². The molecule has 0 radical (unpaired) electrons. The van der Waals surface area contributed by atoms with Gasteiger partial charge in [0.15, 0.2) is 5.78 Å². The van der Waals surface area contributed by atoms with Crippen molar-refractivity contribution in [3.05, 3.63) is 71.8 Å². The lowest BCUT2D eigenvalue weighted by Gasteiger charge is -2.12. The molecule has 0 heterocycles. The number of carbonyl (C=O) groups excluding carboxylic acids is 1. The lowest BCUT2D eigenvalue weighted by atomic mass is 9.91. The molecule has 2 heteroatoms. The van der Waals surface area contributed by atoms with E-state index in [1.165, 1.54) is 0 Å². The molecule has 2 aromatic rings. The largest absolute Gasteiger partial charge is 0.304 e. The van der Waals surface area contributed by atoms with E-state index in [2.05, 4.69) is 0 Å². The summed E-state index contributed by atoms with van der Waals surface area (Å²) in [5.41, 5.74) is 1.82. The second kappa shape index (κ2) is 5.41. The van der Waals surface area contributed by atoms with Crippen molar-refractivity contribution in [2.75, 3.05) is 0 Å². The first-order chi connectivity index (χ1) is 8.70. The maximum absolute atomic E-state index is 12.2. The van der Waals surface area contributed by atoms with Crippen LogP contribution in [0, 0.1) is 11.3 Å². The van der Waals surface area contributed by atoms with Crippen molar-refractivity contribution in [3.8, 4) is 0 Å². The summed E-state index contributed by atoms with van der Waals surface area (Å²) < 4.78 is 0. The molecule has 0 saturated heterocycles. The number of rotatable bonds is 4. The van der Waals surface area contributed by atoms with Gasteiger partial charge in [-0.15, -0.1) is 0 Å². The third-order valence-electron chi connectivity index (χ3n) is 2.97. The third-order valence-corrected chi connectivity index (χ3v) is 2.97. The van der Waals surface area contributed by atoms with Crippen LogP contribution in [0.2, 0.25) is 0 Å². The molecule has 2 aromatic carbocycles. The van der Waals surface area contributed by atoms with Crippen LogP contribution in [-0.2, 0) is 0 Å². The van der Waals surface area contributed by atoms with Crippen LogP contribution in [-0.4, -0.2) is 11.5 Å². The zero-order chi connectivity index (χ0) is 13.0. The molecule has 0 aromatic heterocycles. The highest BCUT2D eigenvalue weighted by molar-refractivity contribution is 6.16. The zero-order valence-electron chi connectivity index (χ0n) is 10.3. The van der Waals surface area contributed by atoms with Crippen molar-refractivity contribution >= 4 is 11.5 Å². The number of Topliss-reactive ketones (excluding diaryl/α,β-unsaturated/α-hetero) is 1. The van der Waals surface area contributed by atoms with E-state index in [4.69, 9.17) is 5.41 Å². The average Bonchev–Trinajstić information content (AvgIpc) is 2.47. The minimum absolute atomic E-state index is 0.00977. The summed E-state index contributed by atoms with van der Waals surface area (Å²) >= 11 is 0. The van der Waals surface area contributed by atoms with Crippen molar-refractivity contribution in [2.24, 2.45) is 5.92 Å². The summed E-state index contributed by atoms with van der Waals surface area (Å²) in [6.07, 6.45) is 0. The van der Waals surface area contributed by atoms with Crippen molar-refractivity contribution in [2.45, 2.75) is 6.92 Å². The topological polar surface area (TPSA) is 40.9 Å². The van der Waals surface area contributed by atoms with Crippen molar-refractivity contribution in [1.29, 1.82) is 5.41 Å². The molecule has 0 aliphatic rings. The predicted molar refractivity (Wildman–Crippen MR) is 73.2 cm³/mol. The Balaban J connectivity index is 2.20. The summed E-state index contributed by atoms with van der Waals surface area (Å²) in [5, 5.41) is 8.09. The standard InChI is InChI=1S/C16H15NO/c1-12(15(17)13-8-4-2-5-9-13)16(18)14-10-6-3-7-11-14/h2-12,17H,1H3. The number of hydrogen-bond donors (Lipinski definition) is 1. The van der Waals surface area contributed by atoms with Crippen LogP contribution in [0.4, 0.5) is 0 Å². The average molecular weight is 237 g/mol. The molecule has 0 fully saturated rings. The SMILES string of the molecule is CC(C(=N)c1ccccc1)C(=O)c1ccccc1. The Morgan fingerprint density at radius 3 is 1.83 bits per heavy atom. The van der Waals surface area contributed by atoms with E-state index in [1.54, 1.807) is 19.1 Å². The Labute approximate surface area is 107 Å². The van der Waals surface area contributed by atoms with E-state index in [-0.39, 0.29) is 5.78 Å². The Bertz CT molecular complexity index is 494. The third kappa shape index (κ3) is 2.54. The predicted octanol–water partition coefficient (Wildman–Crippen LogP) is 3.57. The lowest BCUT2D eigenvalue weighted by molar-refractivity contribution is 0.0961. The van der Waals surface area contributed by atoms with Gasteiger partial charge in [0.05, 0.1) is 5.92 Å². The van der Waals surface area contributed by atoms with Gasteiger partial charge in [-0.1, -0.05) is 60.7 Å². The molecule has 18 heavy (non-hydrogen) atoms. The molecule has 0 amide bonds. The fourth-order valence-corrected chi connectivity index (χ4v) is 1.85. The molecule has 1 N–H and O–H groups in total. The monoisotopic (exact) mass is 237 g/mol. The van der Waals surface area contributed by atoms with Crippen LogP contribution >= 0.6 is 0 Å². The van der Waals surface area contributed by atoms with Gasteiger partial charge in [-0.3, -0.25) is 4.79 Å². The summed E-state index contributed by atoms with van der Waals surface area (Å²) in [7, 11) is 0. The number of benzene rings is 2. The summed E-state index contributed by atoms with van der Waals surface area (Å²) in [6, 6.07) is 18.5. The molecular weight excluding hydrogens is 222 g/mol. The van der Waals surface area contributed by atoms with E-state index in [9.17, 15) is 4.79 Å². The van der Waals surface area contributed by atoms with E-state index in [0.29, 0.717) is 11.3 Å². The number of ketones is 1. The first-order valence-corrected chi connectivity index (χ1v) is 5.93. The zero-order valence-corrected chi connectivity index (χ0v) is 10.3. The summed E-state index contributed by atoms with van der Waals surface area (Å²) in [6.45, 7) is 1.78. The number of hydrogen-bond acceptors (Lipinski definition) is 2. The number of carbonyl (C=O) groups is 1. The molecule has 0 aliphatic carbocycles. The van der Waals surface area contributed by atoms with Gasteiger partial charge in [-0.2, -0.15) is 0 Å². The Hall–Kier alpha value is -2.22. The van der Waals surface area contributed by atoms with Crippen LogP contribution in [0.5, 0.6) is 0 Å². The second-order valence-corrected chi connectivity index (χ2v) is 4.23. The minimum Gasteiger partial charge on any atom is -0.304 e. The Morgan fingerprint density at radius 2 is 1.33 bits per heavy atom. The van der Waals surface area contributed by atoms with Gasteiger partial charge < -0.3 is 5.41 Å². The Morgan fingerprint density at radius 1 is 0.889 bits per heavy atom. The first kappa shape index (κ1) is 12.2. The fraction of sp³-hybridized carbons (Fsp3) is 0.125. The summed E-state index contributed by atoms with van der Waals surface area (Å²) in [4.78, 5) is 12.2. The smallest absolute Gasteiger partial charge is 0.171 e. The molecule has 0 saturated carbocycles. The van der Waals surface area contributed by atoms with Crippen molar-refractivity contribution in [3.63, 3.8) is 0 Å². The molecule has 90 valence electrons. The van der Waals surface area contributed by atoms with E-state index >= 15 is 0 Å². The molecule has 0 aliphatic heterocycles. The van der Waals surface area contributed by atoms with Crippen LogP contribution in [0.1, 0.15) is 22.8 Å². The van der Waals surface area contributed by atoms with E-state index in [0.717, 1.165) is 5.56 Å². The highest BCUT2D eigenvalue weighted by Crippen LogP contribution is 2.14. The maximum Gasteiger partial charge on any atom is 0.171 e. The molecular formula is C16H15NO. The van der Waals surface area contributed by atoms with Gasteiger partial charge in [0.2, 0.25) is 0 Å². The molecule has 2 rings (SSSR count). The second-order valence-electron chi connectivity index (χ2n) is 4.23. The van der Waals surface area contributed by atoms with E-state index < -0.39 is 5.92 Å². The van der Waals surface area contributed by atoms with Crippen molar-refractivity contribution in [1.82, 2.24) is 0 Å². The fourth-order valence-electron chi connectivity index (χ4n) is 1.85. The van der Waals surface area contributed by atoms with Gasteiger partial charge in [-0.25, -0.2) is 0 Å². The van der Waals surface area contributed by atoms with Crippen LogP contribution in [0.15, 0.2) is 60.7 Å². The quantitative estimate of drug-likeness (QED) is 0.641. The molecule has 2 nitrogen and oxygen atoms in total. The summed E-state index contributed by atoms with van der Waals surface area (Å²) in [5.74, 6) is -0.431. The first-order valence-electron chi connectivity index (χ1n) is 5.93. The minimum atomic E-state index is -0.421. The normalized spacial score (nSPS) is 11.8. The highest BCUT2D eigenvalue weighted by Gasteiger charge is 2.20. The van der Waals surface area contributed by atoms with Gasteiger partial charge in [0, 0.05) is 11.3 Å². The van der Waals surface area contributed by atoms with Crippen LogP contribution in [0.3, 0.4) is 0 Å². The van der Waals surface area contributed by atoms with Crippen LogP contribution < -0.4 is 0 Å². The lowest BCUT2D eigenvalue weighted by Crippen LogP contribution is -2.21. The molecule has 0 bridgehead atoms. The molecule has 1 atom stereocenters. The van der Waals surface area contributed by atoms with Crippen molar-refractivity contribution < 1.29 is 4.79 Å². The Kier molecular flexibility index (Phi) is 3.68. The number of nitrogens with one attached hydrogen (secondary N) is 1. The van der Waals surface area contributed by atoms with Gasteiger partial charge in [0.1, 0.15) is 0 Å². The van der Waals surface area contributed by atoms with E-state index in [1.807, 2.05) is 48.5 Å². The maximum atomic E-state index is 12.2. The molecule has 0 spiro atoms. The van der Waals surface area contributed by atoms with Crippen LogP contribution in [0.25, 0.3) is 0 Å².